The Bertz CT molecular complexity index is 864. The molecule has 2 heterocycles. The summed E-state index contributed by atoms with van der Waals surface area (Å²) in [5.74, 6) is 1.57. The Morgan fingerprint density at radius 2 is 1.89 bits per heavy atom. The molecule has 3 aromatic rings. The third-order valence-corrected chi connectivity index (χ3v) is 4.04. The summed E-state index contributed by atoms with van der Waals surface area (Å²) < 4.78 is 7.03. The van der Waals surface area contributed by atoms with Crippen LogP contribution in [-0.2, 0) is 13.0 Å². The van der Waals surface area contributed by atoms with Gasteiger partial charge in [0.2, 0.25) is 0 Å². The zero-order valence-electron chi connectivity index (χ0n) is 16.0. The van der Waals surface area contributed by atoms with Gasteiger partial charge in [-0.1, -0.05) is 6.07 Å². The molecule has 0 amide bonds. The molecule has 2 aromatic heterocycles. The first kappa shape index (κ1) is 21.7. The molecule has 2 N–H and O–H groups in total. The summed E-state index contributed by atoms with van der Waals surface area (Å²) in [4.78, 5) is 8.56. The van der Waals surface area contributed by atoms with Crippen LogP contribution in [-0.4, -0.2) is 41.4 Å². The van der Waals surface area contributed by atoms with Crippen LogP contribution in [0.5, 0.6) is 5.75 Å². The normalized spacial score (nSPS) is 10.9. The summed E-state index contributed by atoms with van der Waals surface area (Å²) in [6.07, 6.45) is 4.59. The van der Waals surface area contributed by atoms with E-state index in [1.807, 2.05) is 65.6 Å². The van der Waals surface area contributed by atoms with Crippen LogP contribution in [0.25, 0.3) is 5.69 Å². The third kappa shape index (κ3) is 6.22. The SMILES string of the molecule is CN=C(NCCc1ccccn1)NCc1ccn(-c2ccc(OC)cc2)n1.I. The first-order valence-corrected chi connectivity index (χ1v) is 8.82. The smallest absolute Gasteiger partial charge is 0.191 e. The van der Waals surface area contributed by atoms with Crippen molar-refractivity contribution in [3.63, 3.8) is 0 Å². The van der Waals surface area contributed by atoms with Gasteiger partial charge in [0.1, 0.15) is 5.75 Å². The highest BCUT2D eigenvalue weighted by Gasteiger charge is 2.04. The molecule has 7 nitrogen and oxygen atoms in total. The first-order valence-electron chi connectivity index (χ1n) is 8.82. The highest BCUT2D eigenvalue weighted by Crippen LogP contribution is 2.14. The monoisotopic (exact) mass is 492 g/mol. The zero-order chi connectivity index (χ0) is 18.9. The first-order chi connectivity index (χ1) is 13.3. The number of aliphatic imine (C=N–C) groups is 1. The van der Waals surface area contributed by atoms with E-state index in [0.29, 0.717) is 6.54 Å². The lowest BCUT2D eigenvalue weighted by atomic mass is 10.3. The summed E-state index contributed by atoms with van der Waals surface area (Å²) in [6, 6.07) is 15.7. The maximum atomic E-state index is 5.18. The molecule has 0 radical (unpaired) electrons. The molecule has 0 bridgehead atoms. The maximum Gasteiger partial charge on any atom is 0.191 e. The van der Waals surface area contributed by atoms with Gasteiger partial charge in [0, 0.05) is 38.1 Å². The van der Waals surface area contributed by atoms with E-state index in [0.717, 1.165) is 41.7 Å². The lowest BCUT2D eigenvalue weighted by Crippen LogP contribution is -2.38. The molecule has 0 saturated heterocycles. The van der Waals surface area contributed by atoms with Crippen molar-refractivity contribution in [2.75, 3.05) is 20.7 Å². The minimum Gasteiger partial charge on any atom is -0.497 e. The summed E-state index contributed by atoms with van der Waals surface area (Å²) in [5.41, 5.74) is 2.97. The quantitative estimate of drug-likeness (QED) is 0.302. The number of hydrogen-bond donors (Lipinski definition) is 2. The number of rotatable bonds is 7. The molecule has 28 heavy (non-hydrogen) atoms. The van der Waals surface area contributed by atoms with Gasteiger partial charge in [0.05, 0.1) is 25.0 Å². The number of halogens is 1. The number of ether oxygens (including phenoxy) is 1. The van der Waals surface area contributed by atoms with Gasteiger partial charge in [0.25, 0.3) is 0 Å². The predicted octanol–water partition coefficient (Wildman–Crippen LogP) is 2.80. The molecule has 3 rings (SSSR count). The molecular weight excluding hydrogens is 467 g/mol. The van der Waals surface area contributed by atoms with Crippen molar-refractivity contribution in [2.24, 2.45) is 4.99 Å². The highest BCUT2D eigenvalue weighted by molar-refractivity contribution is 14.0. The Hall–Kier alpha value is -2.62. The van der Waals surface area contributed by atoms with Crippen molar-refractivity contribution in [1.82, 2.24) is 25.4 Å². The van der Waals surface area contributed by atoms with Crippen LogP contribution in [0.3, 0.4) is 0 Å². The van der Waals surface area contributed by atoms with E-state index in [1.54, 1.807) is 14.2 Å². The molecule has 0 aliphatic rings. The average Bonchev–Trinajstić information content (AvgIpc) is 3.20. The number of nitrogens with one attached hydrogen (secondary N) is 2. The molecule has 8 heteroatoms. The molecule has 1 aromatic carbocycles. The number of guanidine groups is 1. The van der Waals surface area contributed by atoms with E-state index in [1.165, 1.54) is 0 Å². The lowest BCUT2D eigenvalue weighted by Gasteiger charge is -2.10. The van der Waals surface area contributed by atoms with Gasteiger partial charge in [-0.3, -0.25) is 9.98 Å². The van der Waals surface area contributed by atoms with Gasteiger partial charge in [-0.05, 0) is 42.5 Å². The summed E-state index contributed by atoms with van der Waals surface area (Å²) in [7, 11) is 3.41. The van der Waals surface area contributed by atoms with E-state index in [4.69, 9.17) is 4.74 Å². The third-order valence-electron chi connectivity index (χ3n) is 4.04. The van der Waals surface area contributed by atoms with E-state index in [-0.39, 0.29) is 24.0 Å². The van der Waals surface area contributed by atoms with Crippen LogP contribution in [0.4, 0.5) is 0 Å². The molecule has 0 aliphatic heterocycles. The topological polar surface area (TPSA) is 76.4 Å². The number of hydrogen-bond acceptors (Lipinski definition) is 4. The number of methoxy groups -OCH3 is 1. The Kier molecular flexibility index (Phi) is 8.73. The number of nitrogens with zero attached hydrogens (tertiary/aromatic N) is 4. The lowest BCUT2D eigenvalue weighted by molar-refractivity contribution is 0.414. The second-order valence-corrected chi connectivity index (χ2v) is 5.87. The van der Waals surface area contributed by atoms with Gasteiger partial charge in [-0.25, -0.2) is 4.68 Å². The zero-order valence-corrected chi connectivity index (χ0v) is 18.3. The summed E-state index contributed by atoms with van der Waals surface area (Å²) in [6.45, 7) is 1.35. The van der Waals surface area contributed by atoms with Crippen molar-refractivity contribution in [2.45, 2.75) is 13.0 Å². The molecule has 0 atom stereocenters. The molecule has 148 valence electrons. The predicted molar refractivity (Wildman–Crippen MR) is 122 cm³/mol. The van der Waals surface area contributed by atoms with E-state index < -0.39 is 0 Å². The fourth-order valence-electron chi connectivity index (χ4n) is 2.58. The van der Waals surface area contributed by atoms with Crippen LogP contribution < -0.4 is 15.4 Å². The van der Waals surface area contributed by atoms with Crippen LogP contribution in [0.2, 0.25) is 0 Å². The molecule has 0 saturated carbocycles. The van der Waals surface area contributed by atoms with Gasteiger partial charge in [0.15, 0.2) is 5.96 Å². The van der Waals surface area contributed by atoms with E-state index in [9.17, 15) is 0 Å². The second kappa shape index (κ2) is 11.3. The maximum absolute atomic E-state index is 5.18. The van der Waals surface area contributed by atoms with Crippen molar-refractivity contribution in [1.29, 1.82) is 0 Å². The van der Waals surface area contributed by atoms with Crippen LogP contribution >= 0.6 is 24.0 Å². The largest absolute Gasteiger partial charge is 0.497 e. The van der Waals surface area contributed by atoms with Crippen LogP contribution in [0.1, 0.15) is 11.4 Å². The Morgan fingerprint density at radius 3 is 2.57 bits per heavy atom. The molecular formula is C20H25IN6O. The van der Waals surface area contributed by atoms with Gasteiger partial charge >= 0.3 is 0 Å². The van der Waals surface area contributed by atoms with Crippen molar-refractivity contribution in [3.05, 3.63) is 72.3 Å². The molecule has 0 spiro atoms. The minimum absolute atomic E-state index is 0. The van der Waals surface area contributed by atoms with Gasteiger partial charge in [-0.2, -0.15) is 5.10 Å². The Balaban J connectivity index is 0.00000280. The van der Waals surface area contributed by atoms with Gasteiger partial charge in [-0.15, -0.1) is 24.0 Å². The van der Waals surface area contributed by atoms with Crippen molar-refractivity contribution in [3.8, 4) is 11.4 Å². The number of aromatic nitrogens is 3. The van der Waals surface area contributed by atoms with Crippen molar-refractivity contribution >= 4 is 29.9 Å². The minimum atomic E-state index is 0. The summed E-state index contributed by atoms with van der Waals surface area (Å²) in [5, 5.41) is 11.2. The van der Waals surface area contributed by atoms with Crippen molar-refractivity contribution < 1.29 is 4.74 Å². The van der Waals surface area contributed by atoms with E-state index in [2.05, 4.69) is 25.7 Å². The second-order valence-electron chi connectivity index (χ2n) is 5.87. The Labute approximate surface area is 182 Å². The Morgan fingerprint density at radius 1 is 1.07 bits per heavy atom. The molecule has 0 aliphatic carbocycles. The summed E-state index contributed by atoms with van der Waals surface area (Å²) >= 11 is 0. The highest BCUT2D eigenvalue weighted by atomic mass is 127. The molecule has 0 unspecified atom stereocenters. The number of benzene rings is 1. The van der Waals surface area contributed by atoms with E-state index >= 15 is 0 Å². The fourth-order valence-corrected chi connectivity index (χ4v) is 2.58. The average molecular weight is 492 g/mol. The fraction of sp³-hybridized carbons (Fsp3) is 0.250. The standard InChI is InChI=1S/C20H24N6O.HI/c1-21-20(23-13-10-16-5-3-4-12-22-16)24-15-17-11-14-26(25-17)18-6-8-19(27-2)9-7-18;/h3-9,11-12,14H,10,13,15H2,1-2H3,(H2,21,23,24);1H. The molecule has 0 fully saturated rings. The number of pyridine rings is 1. The van der Waals surface area contributed by atoms with Gasteiger partial charge < -0.3 is 15.4 Å². The van der Waals surface area contributed by atoms with Crippen LogP contribution in [0.15, 0.2) is 65.9 Å². The van der Waals surface area contributed by atoms with Crippen LogP contribution in [0, 0.1) is 0 Å².